The lowest BCUT2D eigenvalue weighted by atomic mass is 9.43. The quantitative estimate of drug-likeness (QED) is 0.652. The van der Waals surface area contributed by atoms with Crippen molar-refractivity contribution in [3.63, 3.8) is 0 Å². The van der Waals surface area contributed by atoms with Crippen molar-refractivity contribution in [1.29, 1.82) is 5.26 Å². The molecule has 6 nitrogen and oxygen atoms in total. The highest BCUT2D eigenvalue weighted by Crippen LogP contribution is 2.68. The molecule has 0 saturated heterocycles. The molecule has 1 N–H and O–H groups in total. The van der Waals surface area contributed by atoms with Crippen molar-refractivity contribution >= 4 is 5.78 Å². The number of ether oxygens (including phenoxy) is 1. The molecule has 34 heavy (non-hydrogen) atoms. The minimum absolute atomic E-state index is 0.0588. The maximum atomic E-state index is 13.4. The average molecular weight is 468 g/mol. The van der Waals surface area contributed by atoms with E-state index in [1.807, 2.05) is 6.92 Å². The Kier molecular flexibility index (Phi) is 6.18. The van der Waals surface area contributed by atoms with Crippen LogP contribution in [-0.4, -0.2) is 39.5 Å². The van der Waals surface area contributed by atoms with Crippen molar-refractivity contribution in [2.24, 2.45) is 40.4 Å². The summed E-state index contributed by atoms with van der Waals surface area (Å²) in [6.07, 6.45) is 12.9. The van der Waals surface area contributed by atoms with Gasteiger partial charge in [0.25, 0.3) is 0 Å². The molecule has 4 aliphatic rings. The maximum Gasteiger partial charge on any atom is 0.157 e. The van der Waals surface area contributed by atoms with Crippen LogP contribution in [0.15, 0.2) is 12.4 Å². The first-order valence-electron chi connectivity index (χ1n) is 13.5. The second-order valence-electron chi connectivity index (χ2n) is 12.4. The van der Waals surface area contributed by atoms with E-state index in [1.165, 1.54) is 25.5 Å². The van der Waals surface area contributed by atoms with Crippen LogP contribution in [0.3, 0.4) is 0 Å². The number of hydrogen-bond donors (Lipinski definition) is 1. The predicted octanol–water partition coefficient (Wildman–Crippen LogP) is 4.75. The number of carbonyl (C=O) groups is 1. The van der Waals surface area contributed by atoms with Crippen LogP contribution in [-0.2, 0) is 16.1 Å². The Morgan fingerprint density at radius 2 is 2.03 bits per heavy atom. The van der Waals surface area contributed by atoms with Gasteiger partial charge in [-0.1, -0.05) is 6.92 Å². The van der Waals surface area contributed by atoms with Crippen LogP contribution >= 0.6 is 0 Å². The zero-order chi connectivity index (χ0) is 24.1. The number of rotatable bonds is 6. The smallest absolute Gasteiger partial charge is 0.157 e. The number of carbonyl (C=O) groups excluding carboxylic acids is 1. The van der Waals surface area contributed by atoms with Crippen LogP contribution in [0.4, 0.5) is 0 Å². The van der Waals surface area contributed by atoms with E-state index < -0.39 is 5.60 Å². The summed E-state index contributed by atoms with van der Waals surface area (Å²) in [4.78, 5) is 13.4. The minimum Gasteiger partial charge on any atom is -0.390 e. The van der Waals surface area contributed by atoms with E-state index >= 15 is 0 Å². The van der Waals surface area contributed by atoms with Gasteiger partial charge in [-0.25, -0.2) is 0 Å². The highest BCUT2D eigenvalue weighted by Gasteiger charge is 2.63. The third-order valence-corrected chi connectivity index (χ3v) is 10.7. The molecule has 0 spiro atoms. The summed E-state index contributed by atoms with van der Waals surface area (Å²) in [5.41, 5.74) is 0.210. The number of nitrogens with zero attached hydrogens (tertiary/aromatic N) is 3. The fourth-order valence-electron chi connectivity index (χ4n) is 9.11. The fourth-order valence-corrected chi connectivity index (χ4v) is 9.11. The monoisotopic (exact) mass is 467 g/mol. The van der Waals surface area contributed by atoms with Crippen molar-refractivity contribution < 1.29 is 14.6 Å². The molecular formula is C28H41N3O3. The van der Waals surface area contributed by atoms with Crippen LogP contribution in [0.5, 0.6) is 0 Å². The molecule has 6 heteroatoms. The van der Waals surface area contributed by atoms with E-state index in [0.717, 1.165) is 51.7 Å². The zero-order valence-corrected chi connectivity index (χ0v) is 21.1. The van der Waals surface area contributed by atoms with Crippen molar-refractivity contribution in [1.82, 2.24) is 9.78 Å². The third-order valence-electron chi connectivity index (χ3n) is 10.7. The maximum absolute atomic E-state index is 13.4. The van der Waals surface area contributed by atoms with Gasteiger partial charge in [-0.15, -0.1) is 0 Å². The second kappa shape index (κ2) is 8.75. The number of Topliss-reactive ketones (excluding diaryl/α,β-unsaturated/α-hetero) is 1. The molecule has 4 fully saturated rings. The van der Waals surface area contributed by atoms with Gasteiger partial charge in [-0.2, -0.15) is 10.4 Å². The summed E-state index contributed by atoms with van der Waals surface area (Å²) < 4.78 is 7.79. The Hall–Kier alpha value is -1.71. The molecule has 0 aliphatic heterocycles. The number of ketones is 1. The standard InChI is InChI=1S/C28H41N3O3/c1-4-34-18-28-12-11-26(2,33)13-20(28)5-6-21-22-7-8-24(27(22,3)10-9-23(21)28)25(32)17-31-16-19(14-29)15-30-31/h15-16,20-24,33H,4-13,17-18H2,1-3H3/t20-,21-,22-,23-,24+,26+,27-,28?/m0/s1. The fraction of sp³-hybridized carbons (Fsp3) is 0.821. The van der Waals surface area contributed by atoms with Crippen molar-refractivity contribution in [2.45, 2.75) is 90.7 Å². The highest BCUT2D eigenvalue weighted by atomic mass is 16.5. The summed E-state index contributed by atoms with van der Waals surface area (Å²) in [7, 11) is 0. The van der Waals surface area contributed by atoms with Gasteiger partial charge in [0.05, 0.1) is 30.5 Å². The molecule has 4 aliphatic carbocycles. The number of aliphatic hydroxyl groups is 1. The first-order valence-corrected chi connectivity index (χ1v) is 13.5. The van der Waals surface area contributed by atoms with Crippen LogP contribution in [0, 0.1) is 51.8 Å². The topological polar surface area (TPSA) is 88.1 Å². The summed E-state index contributed by atoms with van der Waals surface area (Å²) >= 11 is 0. The van der Waals surface area contributed by atoms with Crippen molar-refractivity contribution in [3.8, 4) is 6.07 Å². The summed E-state index contributed by atoms with van der Waals surface area (Å²) in [5, 5.41) is 24.2. The Labute approximate surface area is 204 Å². The molecular weight excluding hydrogens is 426 g/mol. The summed E-state index contributed by atoms with van der Waals surface area (Å²) in [6, 6.07) is 2.10. The van der Waals surface area contributed by atoms with E-state index in [1.54, 1.807) is 10.9 Å². The molecule has 8 atom stereocenters. The van der Waals surface area contributed by atoms with Gasteiger partial charge in [0.2, 0.25) is 0 Å². The Morgan fingerprint density at radius 3 is 2.76 bits per heavy atom. The number of fused-ring (bicyclic) bond motifs is 5. The van der Waals surface area contributed by atoms with E-state index in [-0.39, 0.29) is 29.1 Å². The first kappa shape index (κ1) is 24.0. The average Bonchev–Trinajstić information content (AvgIpc) is 3.40. The van der Waals surface area contributed by atoms with E-state index in [4.69, 9.17) is 10.00 Å². The Morgan fingerprint density at radius 1 is 1.21 bits per heavy atom. The van der Waals surface area contributed by atoms with Gasteiger partial charge in [0, 0.05) is 18.7 Å². The van der Waals surface area contributed by atoms with Gasteiger partial charge >= 0.3 is 0 Å². The van der Waals surface area contributed by atoms with Crippen molar-refractivity contribution in [3.05, 3.63) is 18.0 Å². The lowest BCUT2D eigenvalue weighted by Gasteiger charge is -2.62. The molecule has 1 heterocycles. The highest BCUT2D eigenvalue weighted by molar-refractivity contribution is 5.82. The molecule has 0 bridgehead atoms. The molecule has 5 rings (SSSR count). The predicted molar refractivity (Wildman–Crippen MR) is 129 cm³/mol. The van der Waals surface area contributed by atoms with Crippen molar-refractivity contribution in [2.75, 3.05) is 13.2 Å². The van der Waals surface area contributed by atoms with Crippen LogP contribution in [0.1, 0.15) is 84.1 Å². The molecule has 1 unspecified atom stereocenters. The SMILES string of the molecule is CCOCC12CC[C@@](C)(O)C[C@@H]1CC[C@@H]1[C@@H]2CC[C@]2(C)[C@@H](C(=O)Cn3cc(C#N)cn3)CC[C@@H]12. The number of hydrogen-bond acceptors (Lipinski definition) is 5. The minimum atomic E-state index is -0.542. The number of nitriles is 1. The van der Waals surface area contributed by atoms with Gasteiger partial charge in [-0.3, -0.25) is 9.48 Å². The zero-order valence-electron chi connectivity index (χ0n) is 21.1. The van der Waals surface area contributed by atoms with E-state index in [2.05, 4.69) is 25.0 Å². The molecule has 186 valence electrons. The molecule has 1 aromatic rings. The summed E-state index contributed by atoms with van der Waals surface area (Å²) in [5.74, 6) is 2.80. The van der Waals surface area contributed by atoms with E-state index in [0.29, 0.717) is 29.2 Å². The molecule has 4 saturated carbocycles. The van der Waals surface area contributed by atoms with E-state index in [9.17, 15) is 9.90 Å². The lowest BCUT2D eigenvalue weighted by Crippen LogP contribution is -2.58. The lowest BCUT2D eigenvalue weighted by molar-refractivity contribution is -0.178. The van der Waals surface area contributed by atoms with Gasteiger partial charge in [0.1, 0.15) is 6.07 Å². The second-order valence-corrected chi connectivity index (χ2v) is 12.4. The molecule has 0 radical (unpaired) electrons. The Bertz CT molecular complexity index is 964. The first-order chi connectivity index (χ1) is 16.2. The van der Waals surface area contributed by atoms with Gasteiger partial charge < -0.3 is 9.84 Å². The van der Waals surface area contributed by atoms with Crippen LogP contribution < -0.4 is 0 Å². The molecule has 1 aromatic heterocycles. The molecule has 0 amide bonds. The van der Waals surface area contributed by atoms with Crippen LogP contribution in [0.2, 0.25) is 0 Å². The van der Waals surface area contributed by atoms with Gasteiger partial charge in [-0.05, 0) is 106 Å². The largest absolute Gasteiger partial charge is 0.390 e. The third kappa shape index (κ3) is 3.84. The summed E-state index contributed by atoms with van der Waals surface area (Å²) in [6.45, 7) is 8.36. The van der Waals surface area contributed by atoms with Gasteiger partial charge in [0.15, 0.2) is 5.78 Å². The number of aromatic nitrogens is 2. The normalized spacial score (nSPS) is 43.4. The molecule has 0 aromatic carbocycles. The Balaban J connectivity index is 1.36. The van der Waals surface area contributed by atoms with Crippen LogP contribution in [0.25, 0.3) is 0 Å².